The van der Waals surface area contributed by atoms with Gasteiger partial charge in [0.2, 0.25) is 17.7 Å². The number of carbonyl (C=O) groups excluding carboxylic acids is 4. The van der Waals surface area contributed by atoms with Gasteiger partial charge in [0.15, 0.2) is 5.92 Å². The number of aromatic amines is 2. The number of rotatable bonds is 11. The Labute approximate surface area is 178 Å². The van der Waals surface area contributed by atoms with Crippen LogP contribution < -0.4 is 21.6 Å². The first-order valence-corrected chi connectivity index (χ1v) is 10.1. The molecule has 1 heterocycles. The lowest BCUT2D eigenvalue weighted by atomic mass is 10.1. The summed E-state index contributed by atoms with van der Waals surface area (Å²) in [5.74, 6) is -4.42. The second-order valence-electron chi connectivity index (χ2n) is 6.77. The number of amides is 3. The molecular formula is C20H27N5O6. The number of unbranched alkanes of at least 4 members (excludes halogenated alkanes) is 1. The van der Waals surface area contributed by atoms with Crippen LogP contribution in [0.15, 0.2) is 23.0 Å². The van der Waals surface area contributed by atoms with E-state index in [1.165, 1.54) is 12.1 Å². The average Bonchev–Trinajstić information content (AvgIpc) is 3.10. The fourth-order valence-corrected chi connectivity index (χ4v) is 2.72. The summed E-state index contributed by atoms with van der Waals surface area (Å²) in [6.07, 6.45) is 1.74. The van der Waals surface area contributed by atoms with E-state index in [0.29, 0.717) is 29.7 Å². The summed E-state index contributed by atoms with van der Waals surface area (Å²) in [7, 11) is 0. The first-order valence-electron chi connectivity index (χ1n) is 10.1. The maximum atomic E-state index is 12.8. The molecule has 31 heavy (non-hydrogen) atoms. The SMILES string of the molecule is CCCCNC(=O)C(C(=O)NCCOC(=O)CC)C(=O)Nc1ccc2[nH]c(=O)[nH]c2c1. The number of hydrogen-bond donors (Lipinski definition) is 5. The molecule has 0 aliphatic heterocycles. The summed E-state index contributed by atoms with van der Waals surface area (Å²) < 4.78 is 4.87. The molecule has 168 valence electrons. The number of imidazole rings is 1. The van der Waals surface area contributed by atoms with Crippen LogP contribution in [-0.2, 0) is 23.9 Å². The van der Waals surface area contributed by atoms with E-state index >= 15 is 0 Å². The summed E-state index contributed by atoms with van der Waals surface area (Å²) in [5, 5.41) is 7.56. The number of esters is 1. The van der Waals surface area contributed by atoms with Crippen LogP contribution in [0.5, 0.6) is 0 Å². The Morgan fingerprint density at radius 1 is 0.968 bits per heavy atom. The molecular weight excluding hydrogens is 406 g/mol. The van der Waals surface area contributed by atoms with Crippen molar-refractivity contribution >= 4 is 40.4 Å². The molecule has 1 unspecified atom stereocenters. The number of nitrogens with one attached hydrogen (secondary N) is 5. The van der Waals surface area contributed by atoms with Gasteiger partial charge in [-0.1, -0.05) is 20.3 Å². The molecule has 0 aliphatic rings. The van der Waals surface area contributed by atoms with Gasteiger partial charge >= 0.3 is 11.7 Å². The van der Waals surface area contributed by atoms with Gasteiger partial charge in [0.05, 0.1) is 17.6 Å². The van der Waals surface area contributed by atoms with Crippen molar-refractivity contribution < 1.29 is 23.9 Å². The lowest BCUT2D eigenvalue weighted by Crippen LogP contribution is -2.48. The van der Waals surface area contributed by atoms with Crippen molar-refractivity contribution in [2.24, 2.45) is 5.92 Å². The lowest BCUT2D eigenvalue weighted by Gasteiger charge is -2.17. The minimum atomic E-state index is -1.64. The molecule has 0 aliphatic carbocycles. The number of aromatic nitrogens is 2. The van der Waals surface area contributed by atoms with Gasteiger partial charge < -0.3 is 30.7 Å². The molecule has 5 N–H and O–H groups in total. The van der Waals surface area contributed by atoms with Gasteiger partial charge in [-0.25, -0.2) is 4.79 Å². The van der Waals surface area contributed by atoms with E-state index in [2.05, 4.69) is 25.9 Å². The largest absolute Gasteiger partial charge is 0.464 e. The Morgan fingerprint density at radius 2 is 1.65 bits per heavy atom. The molecule has 1 atom stereocenters. The zero-order chi connectivity index (χ0) is 22.8. The van der Waals surface area contributed by atoms with E-state index in [1.54, 1.807) is 13.0 Å². The van der Waals surface area contributed by atoms with E-state index in [-0.39, 0.29) is 19.6 Å². The van der Waals surface area contributed by atoms with E-state index in [1.807, 2.05) is 6.92 Å². The third-order valence-corrected chi connectivity index (χ3v) is 4.35. The standard InChI is InChI=1S/C20H27N5O6/c1-3-5-8-21-17(27)16(18(28)22-9-10-31-15(26)4-2)19(29)23-12-6-7-13-14(11-12)25-20(30)24-13/h6-7,11,16H,3-5,8-10H2,1-2H3,(H,21,27)(H,22,28)(H,23,29)(H2,24,25,30). The number of hydrogen-bond acceptors (Lipinski definition) is 6. The lowest BCUT2D eigenvalue weighted by molar-refractivity contribution is -0.145. The van der Waals surface area contributed by atoms with Gasteiger partial charge in [-0.3, -0.25) is 19.2 Å². The molecule has 0 spiro atoms. The maximum absolute atomic E-state index is 12.8. The molecule has 2 rings (SSSR count). The van der Waals surface area contributed by atoms with Crippen LogP contribution in [-0.4, -0.2) is 53.4 Å². The second kappa shape index (κ2) is 11.5. The van der Waals surface area contributed by atoms with Crippen LogP contribution in [0.1, 0.15) is 33.1 Å². The van der Waals surface area contributed by atoms with E-state index in [0.717, 1.165) is 6.42 Å². The summed E-state index contributed by atoms with van der Waals surface area (Å²) in [5.41, 5.74) is 0.934. The number of fused-ring (bicyclic) bond motifs is 1. The first kappa shape index (κ1) is 23.6. The molecule has 2 aromatic rings. The van der Waals surface area contributed by atoms with Crippen LogP contribution in [0.3, 0.4) is 0 Å². The van der Waals surface area contributed by atoms with Crippen LogP contribution >= 0.6 is 0 Å². The number of carbonyl (C=O) groups is 4. The smallest absolute Gasteiger partial charge is 0.323 e. The van der Waals surface area contributed by atoms with Gasteiger partial charge in [0.25, 0.3) is 0 Å². The van der Waals surface area contributed by atoms with Gasteiger partial charge in [-0.05, 0) is 24.6 Å². The highest BCUT2D eigenvalue weighted by Crippen LogP contribution is 2.15. The van der Waals surface area contributed by atoms with Crippen LogP contribution in [0.25, 0.3) is 11.0 Å². The highest BCUT2D eigenvalue weighted by molar-refractivity contribution is 6.20. The van der Waals surface area contributed by atoms with Gasteiger partial charge in [0, 0.05) is 18.7 Å². The maximum Gasteiger partial charge on any atom is 0.323 e. The normalized spacial score (nSPS) is 11.5. The molecule has 0 fully saturated rings. The average molecular weight is 433 g/mol. The molecule has 11 heteroatoms. The van der Waals surface area contributed by atoms with Crippen molar-refractivity contribution in [2.75, 3.05) is 25.0 Å². The predicted molar refractivity (Wildman–Crippen MR) is 113 cm³/mol. The molecule has 11 nitrogen and oxygen atoms in total. The quantitative estimate of drug-likeness (QED) is 0.196. The third kappa shape index (κ3) is 6.98. The monoisotopic (exact) mass is 433 g/mol. The zero-order valence-corrected chi connectivity index (χ0v) is 17.5. The summed E-state index contributed by atoms with van der Waals surface area (Å²) in [6.45, 7) is 3.82. The highest BCUT2D eigenvalue weighted by atomic mass is 16.5. The number of H-pyrrole nitrogens is 2. The summed E-state index contributed by atoms with van der Waals surface area (Å²) >= 11 is 0. The number of anilines is 1. The van der Waals surface area contributed by atoms with Crippen molar-refractivity contribution in [3.63, 3.8) is 0 Å². The third-order valence-electron chi connectivity index (χ3n) is 4.35. The van der Waals surface area contributed by atoms with Gasteiger partial charge in [-0.15, -0.1) is 0 Å². The Kier molecular flexibility index (Phi) is 8.79. The van der Waals surface area contributed by atoms with Crippen molar-refractivity contribution in [3.05, 3.63) is 28.7 Å². The number of ether oxygens (including phenoxy) is 1. The second-order valence-corrected chi connectivity index (χ2v) is 6.77. The van der Waals surface area contributed by atoms with E-state index in [4.69, 9.17) is 4.74 Å². The first-order chi connectivity index (χ1) is 14.8. The summed E-state index contributed by atoms with van der Waals surface area (Å²) in [6, 6.07) is 4.64. The topological polar surface area (TPSA) is 162 Å². The molecule has 0 saturated heterocycles. The summed E-state index contributed by atoms with van der Waals surface area (Å²) in [4.78, 5) is 65.5. The Morgan fingerprint density at radius 3 is 2.32 bits per heavy atom. The molecule has 1 aromatic carbocycles. The minimum absolute atomic E-state index is 0.0346. The van der Waals surface area contributed by atoms with Crippen molar-refractivity contribution in [2.45, 2.75) is 33.1 Å². The van der Waals surface area contributed by atoms with E-state index < -0.39 is 35.3 Å². The van der Waals surface area contributed by atoms with Crippen molar-refractivity contribution in [3.8, 4) is 0 Å². The molecule has 1 aromatic heterocycles. The number of benzene rings is 1. The molecule has 0 bridgehead atoms. The van der Waals surface area contributed by atoms with Crippen LogP contribution in [0.2, 0.25) is 0 Å². The molecule has 0 radical (unpaired) electrons. The Hall–Kier alpha value is -3.63. The van der Waals surface area contributed by atoms with Crippen LogP contribution in [0.4, 0.5) is 5.69 Å². The fraction of sp³-hybridized carbons (Fsp3) is 0.450. The Balaban J connectivity index is 2.08. The minimum Gasteiger partial charge on any atom is -0.464 e. The van der Waals surface area contributed by atoms with Gasteiger partial charge in [0.1, 0.15) is 6.61 Å². The molecule has 3 amide bonds. The van der Waals surface area contributed by atoms with Crippen molar-refractivity contribution in [1.29, 1.82) is 0 Å². The fourth-order valence-electron chi connectivity index (χ4n) is 2.72. The van der Waals surface area contributed by atoms with E-state index in [9.17, 15) is 24.0 Å². The van der Waals surface area contributed by atoms with Crippen molar-refractivity contribution in [1.82, 2.24) is 20.6 Å². The highest BCUT2D eigenvalue weighted by Gasteiger charge is 2.34. The zero-order valence-electron chi connectivity index (χ0n) is 17.5. The molecule has 0 saturated carbocycles. The van der Waals surface area contributed by atoms with Crippen LogP contribution in [0, 0.1) is 5.92 Å². The predicted octanol–water partition coefficient (Wildman–Crippen LogP) is 0.397. The Bertz CT molecular complexity index is 995. The van der Waals surface area contributed by atoms with Gasteiger partial charge in [-0.2, -0.15) is 0 Å².